The number of benzene rings is 2. The Hall–Kier alpha value is -2.60. The molecule has 0 aliphatic carbocycles. The summed E-state index contributed by atoms with van der Waals surface area (Å²) >= 11 is 1.39. The maximum atomic E-state index is 11.5. The molecule has 146 valence electrons. The fourth-order valence-corrected chi connectivity index (χ4v) is 3.55. The van der Waals surface area contributed by atoms with Crippen LogP contribution in [0.1, 0.15) is 33.3 Å². The Morgan fingerprint density at radius 2 is 1.68 bits per heavy atom. The van der Waals surface area contributed by atoms with E-state index in [0.717, 1.165) is 22.8 Å². The molecule has 1 aromatic heterocycles. The molecule has 0 amide bonds. The van der Waals surface area contributed by atoms with Gasteiger partial charge in [-0.15, -0.1) is 10.2 Å². The molecule has 0 spiro atoms. The SMILES string of the molecule is COc1ccc(-n2c(SCC(C)=O)nnc2-c2ccc(C(C)(C)C)cc2)cc1. The highest BCUT2D eigenvalue weighted by atomic mass is 32.2. The van der Waals surface area contributed by atoms with Crippen molar-refractivity contribution in [2.45, 2.75) is 38.3 Å². The van der Waals surface area contributed by atoms with E-state index < -0.39 is 0 Å². The highest BCUT2D eigenvalue weighted by Gasteiger charge is 2.18. The number of hydrogen-bond acceptors (Lipinski definition) is 5. The number of ketones is 1. The second-order valence-corrected chi connectivity index (χ2v) is 8.60. The van der Waals surface area contributed by atoms with Crippen LogP contribution >= 0.6 is 11.8 Å². The van der Waals surface area contributed by atoms with Crippen molar-refractivity contribution in [2.75, 3.05) is 12.9 Å². The van der Waals surface area contributed by atoms with Crippen LogP contribution in [0.4, 0.5) is 0 Å². The van der Waals surface area contributed by atoms with E-state index in [1.807, 2.05) is 28.8 Å². The molecule has 3 aromatic rings. The van der Waals surface area contributed by atoms with Crippen LogP contribution in [-0.4, -0.2) is 33.4 Å². The zero-order valence-electron chi connectivity index (χ0n) is 16.9. The van der Waals surface area contributed by atoms with Gasteiger partial charge in [0.1, 0.15) is 11.5 Å². The molecule has 6 heteroatoms. The average molecular weight is 396 g/mol. The number of carbonyl (C=O) groups is 1. The van der Waals surface area contributed by atoms with Crippen LogP contribution in [0.5, 0.6) is 5.75 Å². The first-order chi connectivity index (χ1) is 13.3. The molecule has 3 rings (SSSR count). The molecule has 0 saturated carbocycles. The normalized spacial score (nSPS) is 11.5. The second kappa shape index (κ2) is 8.19. The van der Waals surface area contributed by atoms with E-state index in [4.69, 9.17) is 4.74 Å². The average Bonchev–Trinajstić information content (AvgIpc) is 3.09. The van der Waals surface area contributed by atoms with Gasteiger partial charge in [0.15, 0.2) is 11.0 Å². The number of nitrogens with zero attached hydrogens (tertiary/aromatic N) is 3. The van der Waals surface area contributed by atoms with Gasteiger partial charge < -0.3 is 4.74 Å². The molecule has 0 N–H and O–H groups in total. The van der Waals surface area contributed by atoms with Crippen molar-refractivity contribution < 1.29 is 9.53 Å². The van der Waals surface area contributed by atoms with Gasteiger partial charge >= 0.3 is 0 Å². The van der Waals surface area contributed by atoms with Crippen molar-refractivity contribution in [1.29, 1.82) is 0 Å². The third-order valence-corrected chi connectivity index (χ3v) is 5.45. The molecular formula is C22H25N3O2S. The molecule has 2 aromatic carbocycles. The molecule has 1 heterocycles. The second-order valence-electron chi connectivity index (χ2n) is 7.66. The first-order valence-corrected chi connectivity index (χ1v) is 10.1. The first kappa shape index (κ1) is 20.1. The number of rotatable bonds is 6. The molecule has 0 saturated heterocycles. The summed E-state index contributed by atoms with van der Waals surface area (Å²) in [5, 5.41) is 9.46. The lowest BCUT2D eigenvalue weighted by Gasteiger charge is -2.19. The van der Waals surface area contributed by atoms with Crippen LogP contribution in [0.25, 0.3) is 17.1 Å². The highest BCUT2D eigenvalue weighted by molar-refractivity contribution is 7.99. The van der Waals surface area contributed by atoms with Crippen molar-refractivity contribution >= 4 is 17.5 Å². The Kier molecular flexibility index (Phi) is 5.89. The summed E-state index contributed by atoms with van der Waals surface area (Å²) in [6, 6.07) is 16.1. The Morgan fingerprint density at radius 3 is 2.21 bits per heavy atom. The van der Waals surface area contributed by atoms with Gasteiger partial charge in [0.05, 0.1) is 12.9 Å². The minimum absolute atomic E-state index is 0.0880. The summed E-state index contributed by atoms with van der Waals surface area (Å²) < 4.78 is 7.25. The number of ether oxygens (including phenoxy) is 1. The summed E-state index contributed by atoms with van der Waals surface area (Å²) in [7, 11) is 1.64. The maximum Gasteiger partial charge on any atom is 0.196 e. The van der Waals surface area contributed by atoms with Crippen LogP contribution in [0.15, 0.2) is 53.7 Å². The van der Waals surface area contributed by atoms with Gasteiger partial charge in [0, 0.05) is 11.3 Å². The van der Waals surface area contributed by atoms with Crippen LogP contribution in [0.2, 0.25) is 0 Å². The highest BCUT2D eigenvalue weighted by Crippen LogP contribution is 2.30. The number of hydrogen-bond donors (Lipinski definition) is 0. The molecule has 5 nitrogen and oxygen atoms in total. The molecule has 0 atom stereocenters. The van der Waals surface area contributed by atoms with Crippen LogP contribution in [0.3, 0.4) is 0 Å². The Morgan fingerprint density at radius 1 is 1.04 bits per heavy atom. The molecule has 0 bridgehead atoms. The number of thioether (sulfide) groups is 1. The van der Waals surface area contributed by atoms with Crippen LogP contribution < -0.4 is 4.74 Å². The Labute approximate surface area is 170 Å². The summed E-state index contributed by atoms with van der Waals surface area (Å²) in [6.07, 6.45) is 0. The van der Waals surface area contributed by atoms with Gasteiger partial charge in [-0.2, -0.15) is 0 Å². The minimum atomic E-state index is 0.0880. The largest absolute Gasteiger partial charge is 0.497 e. The summed E-state index contributed by atoms with van der Waals surface area (Å²) in [6.45, 7) is 8.16. The van der Waals surface area contributed by atoms with E-state index in [1.165, 1.54) is 17.3 Å². The van der Waals surface area contributed by atoms with Crippen molar-refractivity contribution in [2.24, 2.45) is 0 Å². The standard InChI is InChI=1S/C22H25N3O2S/c1-15(26)14-28-21-24-23-20(16-6-8-17(9-7-16)22(2,3)4)25(21)18-10-12-19(27-5)13-11-18/h6-13H,14H2,1-5H3. The predicted octanol–water partition coefficient (Wildman–Crippen LogP) is 4.92. The zero-order valence-corrected chi connectivity index (χ0v) is 17.7. The van der Waals surface area contributed by atoms with E-state index in [2.05, 4.69) is 55.2 Å². The molecular weight excluding hydrogens is 370 g/mol. The number of aromatic nitrogens is 3. The van der Waals surface area contributed by atoms with Gasteiger partial charge in [0.25, 0.3) is 0 Å². The maximum absolute atomic E-state index is 11.5. The van der Waals surface area contributed by atoms with Crippen molar-refractivity contribution in [3.63, 3.8) is 0 Å². The summed E-state index contributed by atoms with van der Waals surface area (Å²) in [5.41, 5.74) is 3.25. The Bertz CT molecular complexity index is 955. The first-order valence-electron chi connectivity index (χ1n) is 9.12. The monoisotopic (exact) mass is 395 g/mol. The van der Waals surface area contributed by atoms with E-state index in [-0.39, 0.29) is 11.2 Å². The third-order valence-electron chi connectivity index (χ3n) is 4.38. The number of Topliss-reactive ketones (excluding diaryl/α,β-unsaturated/α-hetero) is 1. The summed E-state index contributed by atoms with van der Waals surface area (Å²) in [5.74, 6) is 1.99. The third kappa shape index (κ3) is 4.44. The fraction of sp³-hybridized carbons (Fsp3) is 0.318. The van der Waals surface area contributed by atoms with Crippen molar-refractivity contribution in [3.05, 3.63) is 54.1 Å². The quantitative estimate of drug-likeness (QED) is 0.554. The summed E-state index contributed by atoms with van der Waals surface area (Å²) in [4.78, 5) is 11.5. The lowest BCUT2D eigenvalue weighted by Crippen LogP contribution is -2.10. The van der Waals surface area contributed by atoms with Gasteiger partial charge in [-0.1, -0.05) is 56.8 Å². The molecule has 0 fully saturated rings. The minimum Gasteiger partial charge on any atom is -0.497 e. The van der Waals surface area contributed by atoms with Gasteiger partial charge in [-0.3, -0.25) is 9.36 Å². The molecule has 28 heavy (non-hydrogen) atoms. The lowest BCUT2D eigenvalue weighted by atomic mass is 9.87. The smallest absolute Gasteiger partial charge is 0.196 e. The van der Waals surface area contributed by atoms with Crippen LogP contribution in [-0.2, 0) is 10.2 Å². The van der Waals surface area contributed by atoms with E-state index in [1.54, 1.807) is 14.0 Å². The van der Waals surface area contributed by atoms with Gasteiger partial charge in [-0.05, 0) is 42.2 Å². The van der Waals surface area contributed by atoms with Gasteiger partial charge in [0.2, 0.25) is 0 Å². The molecule has 0 aliphatic rings. The zero-order chi connectivity index (χ0) is 20.3. The molecule has 0 unspecified atom stereocenters. The predicted molar refractivity (Wildman–Crippen MR) is 113 cm³/mol. The van der Waals surface area contributed by atoms with E-state index in [9.17, 15) is 4.79 Å². The van der Waals surface area contributed by atoms with Crippen molar-refractivity contribution in [3.8, 4) is 22.8 Å². The molecule has 0 aliphatic heterocycles. The van der Waals surface area contributed by atoms with E-state index >= 15 is 0 Å². The van der Waals surface area contributed by atoms with E-state index in [0.29, 0.717) is 10.9 Å². The van der Waals surface area contributed by atoms with Gasteiger partial charge in [-0.25, -0.2) is 0 Å². The lowest BCUT2D eigenvalue weighted by molar-refractivity contribution is -0.114. The molecule has 0 radical (unpaired) electrons. The topological polar surface area (TPSA) is 57.0 Å². The Balaban J connectivity index is 2.06. The van der Waals surface area contributed by atoms with Crippen LogP contribution in [0, 0.1) is 0 Å². The fourth-order valence-electron chi connectivity index (χ4n) is 2.80. The van der Waals surface area contributed by atoms with Crippen molar-refractivity contribution in [1.82, 2.24) is 14.8 Å². The number of carbonyl (C=O) groups excluding carboxylic acids is 1. The number of methoxy groups -OCH3 is 1.